The molecule has 0 saturated carbocycles. The zero-order valence-electron chi connectivity index (χ0n) is 9.10. The van der Waals surface area contributed by atoms with Gasteiger partial charge in [0, 0.05) is 25.2 Å². The Kier molecular flexibility index (Phi) is 2.81. The standard InChI is InChI=1S/C10H16N4O/c1-7-9(3-4-11-7)10(15)5-8-6-14(2)13-12-8/h6-7,9,11H,3-5H2,1-2H3. The summed E-state index contributed by atoms with van der Waals surface area (Å²) in [5, 5.41) is 11.0. The Balaban J connectivity index is 1.97. The average molecular weight is 208 g/mol. The Morgan fingerprint density at radius 2 is 2.53 bits per heavy atom. The summed E-state index contributed by atoms with van der Waals surface area (Å²) in [6, 6.07) is 0.300. The predicted molar refractivity (Wildman–Crippen MR) is 55.3 cm³/mol. The number of nitrogens with zero attached hydrogens (tertiary/aromatic N) is 3. The van der Waals surface area contributed by atoms with Gasteiger partial charge in [-0.15, -0.1) is 5.10 Å². The van der Waals surface area contributed by atoms with Crippen LogP contribution in [0.15, 0.2) is 6.20 Å². The minimum Gasteiger partial charge on any atom is -0.314 e. The summed E-state index contributed by atoms with van der Waals surface area (Å²) in [6.07, 6.45) is 3.15. The van der Waals surface area contributed by atoms with Crippen LogP contribution in [0.1, 0.15) is 19.0 Å². The minimum absolute atomic E-state index is 0.145. The van der Waals surface area contributed by atoms with Gasteiger partial charge in [-0.3, -0.25) is 9.48 Å². The molecule has 1 fully saturated rings. The number of hydrogen-bond acceptors (Lipinski definition) is 4. The third-order valence-corrected chi connectivity index (χ3v) is 2.94. The number of aryl methyl sites for hydroxylation is 1. The van der Waals surface area contributed by atoms with E-state index < -0.39 is 0 Å². The topological polar surface area (TPSA) is 59.8 Å². The molecule has 0 aliphatic carbocycles. The van der Waals surface area contributed by atoms with Crippen molar-refractivity contribution in [1.29, 1.82) is 0 Å². The second-order valence-electron chi connectivity index (χ2n) is 4.16. The molecule has 5 nitrogen and oxygen atoms in total. The highest BCUT2D eigenvalue weighted by molar-refractivity contribution is 5.83. The third-order valence-electron chi connectivity index (χ3n) is 2.94. The van der Waals surface area contributed by atoms with Gasteiger partial charge in [-0.1, -0.05) is 5.21 Å². The molecule has 0 bridgehead atoms. The van der Waals surface area contributed by atoms with Gasteiger partial charge in [0.25, 0.3) is 0 Å². The average Bonchev–Trinajstić information content (AvgIpc) is 2.75. The molecule has 1 aliphatic rings. The molecular weight excluding hydrogens is 192 g/mol. The SMILES string of the molecule is CC1NCCC1C(=O)Cc1cn(C)nn1. The molecule has 1 aromatic heterocycles. The maximum Gasteiger partial charge on any atom is 0.143 e. The molecule has 1 aromatic rings. The van der Waals surface area contributed by atoms with Crippen molar-refractivity contribution in [3.8, 4) is 0 Å². The van der Waals surface area contributed by atoms with Crippen molar-refractivity contribution in [1.82, 2.24) is 20.3 Å². The molecule has 2 atom stereocenters. The van der Waals surface area contributed by atoms with Gasteiger partial charge in [-0.2, -0.15) is 0 Å². The van der Waals surface area contributed by atoms with Gasteiger partial charge < -0.3 is 5.32 Å². The van der Waals surface area contributed by atoms with Crippen molar-refractivity contribution < 1.29 is 4.79 Å². The van der Waals surface area contributed by atoms with Crippen LogP contribution in [0.4, 0.5) is 0 Å². The molecule has 2 heterocycles. The highest BCUT2D eigenvalue weighted by atomic mass is 16.1. The summed E-state index contributed by atoms with van der Waals surface area (Å²) in [5.74, 6) is 0.417. The van der Waals surface area contributed by atoms with Crippen molar-refractivity contribution in [3.63, 3.8) is 0 Å². The molecule has 1 saturated heterocycles. The molecule has 5 heteroatoms. The van der Waals surface area contributed by atoms with Crippen molar-refractivity contribution in [2.24, 2.45) is 13.0 Å². The number of nitrogens with one attached hydrogen (secondary N) is 1. The fourth-order valence-corrected chi connectivity index (χ4v) is 2.08. The van der Waals surface area contributed by atoms with Crippen molar-refractivity contribution in [3.05, 3.63) is 11.9 Å². The highest BCUT2D eigenvalue weighted by Gasteiger charge is 2.29. The van der Waals surface area contributed by atoms with Gasteiger partial charge in [0.1, 0.15) is 5.78 Å². The Morgan fingerprint density at radius 3 is 3.07 bits per heavy atom. The maximum absolute atomic E-state index is 11.9. The summed E-state index contributed by atoms with van der Waals surface area (Å²) >= 11 is 0. The van der Waals surface area contributed by atoms with Gasteiger partial charge in [-0.05, 0) is 19.9 Å². The second-order valence-corrected chi connectivity index (χ2v) is 4.16. The zero-order valence-corrected chi connectivity index (χ0v) is 9.10. The summed E-state index contributed by atoms with van der Waals surface area (Å²) in [5.41, 5.74) is 0.765. The molecule has 2 unspecified atom stereocenters. The van der Waals surface area contributed by atoms with E-state index in [9.17, 15) is 4.79 Å². The fraction of sp³-hybridized carbons (Fsp3) is 0.700. The van der Waals surface area contributed by atoms with E-state index in [-0.39, 0.29) is 11.7 Å². The van der Waals surface area contributed by atoms with Gasteiger partial charge in [0.05, 0.1) is 12.1 Å². The van der Waals surface area contributed by atoms with Crippen LogP contribution in [0.2, 0.25) is 0 Å². The first-order valence-corrected chi connectivity index (χ1v) is 5.28. The fourth-order valence-electron chi connectivity index (χ4n) is 2.08. The van der Waals surface area contributed by atoms with Crippen LogP contribution >= 0.6 is 0 Å². The van der Waals surface area contributed by atoms with E-state index in [4.69, 9.17) is 0 Å². The smallest absolute Gasteiger partial charge is 0.143 e. The van der Waals surface area contributed by atoms with E-state index in [1.54, 1.807) is 17.9 Å². The van der Waals surface area contributed by atoms with Crippen LogP contribution in [-0.4, -0.2) is 33.4 Å². The Morgan fingerprint density at radius 1 is 1.73 bits per heavy atom. The van der Waals surface area contributed by atoms with E-state index in [0.717, 1.165) is 18.7 Å². The van der Waals surface area contributed by atoms with E-state index in [1.807, 2.05) is 0 Å². The van der Waals surface area contributed by atoms with Crippen LogP contribution in [0.5, 0.6) is 0 Å². The molecule has 1 N–H and O–H groups in total. The van der Waals surface area contributed by atoms with E-state index in [1.165, 1.54) is 0 Å². The highest BCUT2D eigenvalue weighted by Crippen LogP contribution is 2.17. The number of hydrogen-bond donors (Lipinski definition) is 1. The van der Waals surface area contributed by atoms with Crippen molar-refractivity contribution in [2.45, 2.75) is 25.8 Å². The Labute approximate surface area is 88.9 Å². The zero-order chi connectivity index (χ0) is 10.8. The van der Waals surface area contributed by atoms with E-state index in [0.29, 0.717) is 12.5 Å². The number of carbonyl (C=O) groups is 1. The number of rotatable bonds is 3. The Hall–Kier alpha value is -1.23. The van der Waals surface area contributed by atoms with E-state index >= 15 is 0 Å². The van der Waals surface area contributed by atoms with Gasteiger partial charge in [0.15, 0.2) is 0 Å². The summed E-state index contributed by atoms with van der Waals surface area (Å²) < 4.78 is 1.62. The second kappa shape index (κ2) is 4.10. The van der Waals surface area contributed by atoms with Crippen LogP contribution < -0.4 is 5.32 Å². The lowest BCUT2D eigenvalue weighted by Crippen LogP contribution is -2.29. The quantitative estimate of drug-likeness (QED) is 0.755. The number of aromatic nitrogens is 3. The lowest BCUT2D eigenvalue weighted by atomic mass is 9.94. The predicted octanol–water partition coefficient (Wildman–Crippen LogP) is -0.0753. The normalized spacial score (nSPS) is 25.7. The number of ketones is 1. The molecular formula is C10H16N4O. The van der Waals surface area contributed by atoms with Gasteiger partial charge in [0.2, 0.25) is 0 Å². The van der Waals surface area contributed by atoms with Crippen molar-refractivity contribution >= 4 is 5.78 Å². The third kappa shape index (κ3) is 2.23. The van der Waals surface area contributed by atoms with Crippen LogP contribution in [-0.2, 0) is 18.3 Å². The number of carbonyl (C=O) groups excluding carboxylic acids is 1. The summed E-state index contributed by atoms with van der Waals surface area (Å²) in [4.78, 5) is 11.9. The van der Waals surface area contributed by atoms with Crippen LogP contribution in [0.25, 0.3) is 0 Å². The van der Waals surface area contributed by atoms with Crippen molar-refractivity contribution in [2.75, 3.05) is 6.54 Å². The molecule has 0 radical (unpaired) electrons. The largest absolute Gasteiger partial charge is 0.314 e. The molecule has 0 spiro atoms. The molecule has 0 aromatic carbocycles. The lowest BCUT2D eigenvalue weighted by Gasteiger charge is -2.12. The summed E-state index contributed by atoms with van der Waals surface area (Å²) in [7, 11) is 1.81. The first kappa shape index (κ1) is 10.3. The molecule has 0 amide bonds. The van der Waals surface area contributed by atoms with Crippen LogP contribution in [0.3, 0.4) is 0 Å². The van der Waals surface area contributed by atoms with Crippen LogP contribution in [0, 0.1) is 5.92 Å². The Bertz CT molecular complexity index is 360. The minimum atomic E-state index is 0.145. The molecule has 82 valence electrons. The lowest BCUT2D eigenvalue weighted by molar-refractivity contribution is -0.122. The molecule has 2 rings (SSSR count). The number of Topliss-reactive ketones (excluding diaryl/α,β-unsaturated/α-hetero) is 1. The summed E-state index contributed by atoms with van der Waals surface area (Å²) in [6.45, 7) is 3.00. The molecule has 15 heavy (non-hydrogen) atoms. The maximum atomic E-state index is 11.9. The first-order chi connectivity index (χ1) is 7.16. The first-order valence-electron chi connectivity index (χ1n) is 5.28. The van der Waals surface area contributed by atoms with Gasteiger partial charge >= 0.3 is 0 Å². The molecule has 1 aliphatic heterocycles. The van der Waals surface area contributed by atoms with Gasteiger partial charge in [-0.25, -0.2) is 0 Å². The van der Waals surface area contributed by atoms with E-state index in [2.05, 4.69) is 22.6 Å². The monoisotopic (exact) mass is 208 g/mol.